The number of pyridine rings is 1. The molecule has 0 radical (unpaired) electrons. The van der Waals surface area contributed by atoms with Crippen molar-refractivity contribution in [1.29, 1.82) is 0 Å². The number of carbonyl (C=O) groups excluding carboxylic acids is 2. The number of piperidine rings is 1. The Morgan fingerprint density at radius 2 is 1.85 bits per heavy atom. The number of rotatable bonds is 12. The first-order valence-corrected chi connectivity index (χ1v) is 14.6. The van der Waals surface area contributed by atoms with E-state index in [9.17, 15) is 28.1 Å². The van der Waals surface area contributed by atoms with E-state index in [1.54, 1.807) is 19.1 Å². The number of sulfonamides is 1. The summed E-state index contributed by atoms with van der Waals surface area (Å²) in [5.74, 6) is -0.756. The molecule has 2 heterocycles. The van der Waals surface area contributed by atoms with Crippen molar-refractivity contribution in [2.45, 2.75) is 47.4 Å². The summed E-state index contributed by atoms with van der Waals surface area (Å²) < 4.78 is 32.5. The number of ether oxygens (including phenoxy) is 1. The first-order chi connectivity index (χ1) is 18.5. The van der Waals surface area contributed by atoms with Crippen molar-refractivity contribution < 1.29 is 27.7 Å². The molecule has 0 bridgehead atoms. The van der Waals surface area contributed by atoms with Crippen molar-refractivity contribution in [3.05, 3.63) is 52.1 Å². The average molecular weight is 581 g/mol. The predicted molar refractivity (Wildman–Crippen MR) is 145 cm³/mol. The molecule has 1 aliphatic heterocycles. The van der Waals surface area contributed by atoms with E-state index in [0.29, 0.717) is 25.9 Å². The monoisotopic (exact) mass is 580 g/mol. The van der Waals surface area contributed by atoms with Crippen LogP contribution in [0, 0.1) is 17.0 Å². The van der Waals surface area contributed by atoms with Gasteiger partial charge in [0.2, 0.25) is 27.7 Å². The molecule has 15 heteroatoms. The van der Waals surface area contributed by atoms with Crippen LogP contribution in [0.5, 0.6) is 5.88 Å². The van der Waals surface area contributed by atoms with Crippen LogP contribution in [0.2, 0.25) is 0 Å². The lowest BCUT2D eigenvalue weighted by atomic mass is 9.87. The molecule has 0 aliphatic carbocycles. The molecule has 1 aromatic heterocycles. The van der Waals surface area contributed by atoms with Gasteiger partial charge in [-0.05, 0) is 51.9 Å². The minimum Gasteiger partial charge on any atom is -0.481 e. The normalized spacial score (nSPS) is 15.7. The number of aromatic nitrogens is 1. The lowest BCUT2D eigenvalue weighted by Crippen LogP contribution is -2.64. The van der Waals surface area contributed by atoms with Gasteiger partial charge in [0.15, 0.2) is 5.03 Å². The molecule has 4 N–H and O–H groups in total. The SMILES string of the molecule is COc1ccc([N+](=O)[O-])c(SC(C)C(=O)NC2(C(=O)NCCNS(=O)(=O)c3ccc(C)cc3)CCNCC2)n1. The molecular weight excluding hydrogens is 548 g/mol. The zero-order chi connectivity index (χ0) is 28.6. The topological polar surface area (TPSA) is 182 Å². The van der Waals surface area contributed by atoms with Crippen LogP contribution in [0.1, 0.15) is 25.3 Å². The summed E-state index contributed by atoms with van der Waals surface area (Å²) in [7, 11) is -2.36. The number of amides is 2. The summed E-state index contributed by atoms with van der Waals surface area (Å²) in [4.78, 5) is 41.4. The van der Waals surface area contributed by atoms with Gasteiger partial charge in [-0.2, -0.15) is 4.98 Å². The number of nitro groups is 1. The Morgan fingerprint density at radius 1 is 1.18 bits per heavy atom. The van der Waals surface area contributed by atoms with Gasteiger partial charge in [-0.25, -0.2) is 13.1 Å². The van der Waals surface area contributed by atoms with Crippen LogP contribution < -0.4 is 25.4 Å². The third-order valence-electron chi connectivity index (χ3n) is 6.17. The molecule has 1 aromatic carbocycles. The van der Waals surface area contributed by atoms with Crippen molar-refractivity contribution in [2.75, 3.05) is 33.3 Å². The van der Waals surface area contributed by atoms with Crippen molar-refractivity contribution in [3.63, 3.8) is 0 Å². The van der Waals surface area contributed by atoms with E-state index in [1.807, 2.05) is 6.92 Å². The number of methoxy groups -OCH3 is 1. The Hall–Kier alpha value is -3.27. The van der Waals surface area contributed by atoms with Gasteiger partial charge in [0.05, 0.1) is 22.2 Å². The van der Waals surface area contributed by atoms with E-state index >= 15 is 0 Å². The molecule has 3 rings (SSSR count). The molecule has 2 amide bonds. The van der Waals surface area contributed by atoms with Crippen molar-refractivity contribution in [3.8, 4) is 5.88 Å². The van der Waals surface area contributed by atoms with Gasteiger partial charge >= 0.3 is 5.69 Å². The molecule has 1 saturated heterocycles. The molecule has 1 aliphatic rings. The molecule has 1 atom stereocenters. The highest BCUT2D eigenvalue weighted by atomic mass is 32.2. The fourth-order valence-electron chi connectivity index (χ4n) is 3.91. The maximum Gasteiger partial charge on any atom is 0.301 e. The Bertz CT molecular complexity index is 1300. The van der Waals surface area contributed by atoms with E-state index in [0.717, 1.165) is 17.3 Å². The highest BCUT2D eigenvalue weighted by Crippen LogP contribution is 2.32. The molecule has 0 spiro atoms. The van der Waals surface area contributed by atoms with Crippen LogP contribution in [-0.4, -0.2) is 74.2 Å². The Labute approximate surface area is 231 Å². The Balaban J connectivity index is 1.63. The third-order valence-corrected chi connectivity index (χ3v) is 8.73. The van der Waals surface area contributed by atoms with Gasteiger partial charge in [0.25, 0.3) is 0 Å². The summed E-state index contributed by atoms with van der Waals surface area (Å²) in [6.07, 6.45) is 0.628. The fourth-order valence-corrected chi connectivity index (χ4v) is 5.85. The molecule has 212 valence electrons. The molecule has 0 saturated carbocycles. The standard InChI is InChI=1S/C24H32N6O7S2/c1-16-4-6-18(7-5-16)39(35,36)27-15-14-26-23(32)24(10-12-25-13-11-24)29-21(31)17(2)38-22-19(30(33)34)8-9-20(28-22)37-3/h4-9,17,25,27H,10-15H2,1-3H3,(H,26,32)(H,29,31). The van der Waals surface area contributed by atoms with Crippen LogP contribution in [0.15, 0.2) is 46.3 Å². The highest BCUT2D eigenvalue weighted by molar-refractivity contribution is 8.00. The number of hydrogen-bond acceptors (Lipinski definition) is 10. The van der Waals surface area contributed by atoms with Gasteiger partial charge in [0.1, 0.15) is 5.54 Å². The maximum atomic E-state index is 13.2. The summed E-state index contributed by atoms with van der Waals surface area (Å²) in [5.41, 5.74) is -0.551. The van der Waals surface area contributed by atoms with Gasteiger partial charge < -0.3 is 20.7 Å². The lowest BCUT2D eigenvalue weighted by Gasteiger charge is -2.37. The largest absolute Gasteiger partial charge is 0.481 e. The minimum atomic E-state index is -3.74. The zero-order valence-corrected chi connectivity index (χ0v) is 23.5. The summed E-state index contributed by atoms with van der Waals surface area (Å²) in [6.45, 7) is 4.36. The Morgan fingerprint density at radius 3 is 2.46 bits per heavy atom. The number of aryl methyl sites for hydroxylation is 1. The number of nitrogens with one attached hydrogen (secondary N) is 4. The van der Waals surface area contributed by atoms with E-state index in [2.05, 4.69) is 25.7 Å². The number of carbonyl (C=O) groups is 2. The quantitative estimate of drug-likeness (QED) is 0.123. The summed E-state index contributed by atoms with van der Waals surface area (Å²) >= 11 is 0.889. The van der Waals surface area contributed by atoms with Crippen molar-refractivity contribution in [2.24, 2.45) is 0 Å². The van der Waals surface area contributed by atoms with E-state index in [4.69, 9.17) is 4.74 Å². The van der Waals surface area contributed by atoms with Gasteiger partial charge in [0, 0.05) is 25.2 Å². The van der Waals surface area contributed by atoms with Crippen molar-refractivity contribution in [1.82, 2.24) is 25.7 Å². The van der Waals surface area contributed by atoms with Gasteiger partial charge in [-0.3, -0.25) is 19.7 Å². The average Bonchev–Trinajstić information content (AvgIpc) is 2.91. The second-order valence-electron chi connectivity index (χ2n) is 8.98. The first kappa shape index (κ1) is 30.3. The zero-order valence-electron chi connectivity index (χ0n) is 21.9. The first-order valence-electron chi connectivity index (χ1n) is 12.2. The number of nitrogens with zero attached hydrogens (tertiary/aromatic N) is 2. The fraction of sp³-hybridized carbons (Fsp3) is 0.458. The number of thioether (sulfide) groups is 1. The van der Waals surface area contributed by atoms with Gasteiger partial charge in [-0.1, -0.05) is 29.5 Å². The lowest BCUT2D eigenvalue weighted by molar-refractivity contribution is -0.388. The number of hydrogen-bond donors (Lipinski definition) is 4. The highest BCUT2D eigenvalue weighted by Gasteiger charge is 2.41. The summed E-state index contributed by atoms with van der Waals surface area (Å²) in [6, 6.07) is 9.02. The molecule has 2 aromatic rings. The Kier molecular flexibility index (Phi) is 10.2. The van der Waals surface area contributed by atoms with Crippen LogP contribution in [-0.2, 0) is 19.6 Å². The van der Waals surface area contributed by atoms with Crippen molar-refractivity contribution >= 4 is 39.3 Å². The van der Waals surface area contributed by atoms with Gasteiger partial charge in [-0.15, -0.1) is 0 Å². The second kappa shape index (κ2) is 13.2. The van der Waals surface area contributed by atoms with Crippen LogP contribution in [0.25, 0.3) is 0 Å². The van der Waals surface area contributed by atoms with E-state index in [-0.39, 0.29) is 34.6 Å². The maximum absolute atomic E-state index is 13.2. The summed E-state index contributed by atoms with van der Waals surface area (Å²) in [5, 5.41) is 19.3. The van der Waals surface area contributed by atoms with Crippen LogP contribution in [0.3, 0.4) is 0 Å². The number of benzene rings is 1. The molecule has 1 unspecified atom stereocenters. The van der Waals surface area contributed by atoms with Crippen LogP contribution >= 0.6 is 11.8 Å². The molecule has 39 heavy (non-hydrogen) atoms. The third kappa shape index (κ3) is 7.88. The van der Waals surface area contributed by atoms with E-state index < -0.39 is 37.5 Å². The smallest absolute Gasteiger partial charge is 0.301 e. The molecular formula is C24H32N6O7S2. The molecule has 1 fully saturated rings. The molecule has 13 nitrogen and oxygen atoms in total. The van der Waals surface area contributed by atoms with E-state index in [1.165, 1.54) is 31.4 Å². The van der Waals surface area contributed by atoms with Crippen LogP contribution in [0.4, 0.5) is 5.69 Å². The predicted octanol–water partition coefficient (Wildman–Crippen LogP) is 1.12. The minimum absolute atomic E-state index is 0.0131. The second-order valence-corrected chi connectivity index (χ2v) is 12.1.